The molecule has 1 aromatic carbocycles. The van der Waals surface area contributed by atoms with E-state index < -0.39 is 15.3 Å². The number of aryl methyl sites for hydroxylation is 1. The Morgan fingerprint density at radius 3 is 2.47 bits per heavy atom. The van der Waals surface area contributed by atoms with Crippen LogP contribution in [-0.4, -0.2) is 32.1 Å². The molecule has 0 radical (unpaired) electrons. The van der Waals surface area contributed by atoms with Crippen molar-refractivity contribution in [3.8, 4) is 0 Å². The molecule has 88 valence electrons. The minimum atomic E-state index is -4.39. The van der Waals surface area contributed by atoms with E-state index in [-0.39, 0.29) is 0 Å². The van der Waals surface area contributed by atoms with Crippen LogP contribution in [0.3, 0.4) is 0 Å². The topological polar surface area (TPSA) is 89.5 Å². The number of hydrogen-bond acceptors (Lipinski definition) is 4. The lowest BCUT2D eigenvalue weighted by Crippen LogP contribution is -2.03. The highest BCUT2D eigenvalue weighted by Gasteiger charge is 2.22. The van der Waals surface area contributed by atoms with Crippen molar-refractivity contribution in [3.63, 3.8) is 0 Å². The van der Waals surface area contributed by atoms with Gasteiger partial charge in [-0.3, -0.25) is 4.55 Å². The number of rotatable bonds is 1. The molecule has 17 heavy (non-hydrogen) atoms. The summed E-state index contributed by atoms with van der Waals surface area (Å²) in [4.78, 5) is 0. The van der Waals surface area contributed by atoms with Gasteiger partial charge in [0, 0.05) is 7.05 Å². The second-order valence-corrected chi connectivity index (χ2v) is 4.96. The zero-order chi connectivity index (χ0) is 12.2. The van der Waals surface area contributed by atoms with Crippen molar-refractivity contribution in [1.29, 1.82) is 0 Å². The first-order valence-electron chi connectivity index (χ1n) is 4.76. The van der Waals surface area contributed by atoms with Crippen LogP contribution in [0.2, 0.25) is 0 Å². The SMILES string of the molecule is Cn1c2ccccc2n2c(S(=O)(=O)O)nnc12. The highest BCUT2D eigenvalue weighted by molar-refractivity contribution is 7.85. The lowest BCUT2D eigenvalue weighted by molar-refractivity contribution is 0.473. The second kappa shape index (κ2) is 3.05. The van der Waals surface area contributed by atoms with Crippen molar-refractivity contribution in [2.75, 3.05) is 0 Å². The van der Waals surface area contributed by atoms with Gasteiger partial charge in [0.25, 0.3) is 5.16 Å². The van der Waals surface area contributed by atoms with Crippen LogP contribution in [0.5, 0.6) is 0 Å². The van der Waals surface area contributed by atoms with E-state index in [0.717, 1.165) is 5.52 Å². The molecule has 3 aromatic rings. The lowest BCUT2D eigenvalue weighted by atomic mass is 10.3. The van der Waals surface area contributed by atoms with Crippen LogP contribution in [0.1, 0.15) is 0 Å². The van der Waals surface area contributed by atoms with E-state index >= 15 is 0 Å². The minimum absolute atomic E-state index is 0.360. The van der Waals surface area contributed by atoms with E-state index in [1.54, 1.807) is 23.7 Å². The van der Waals surface area contributed by atoms with Crippen molar-refractivity contribution < 1.29 is 13.0 Å². The molecule has 0 saturated heterocycles. The maximum Gasteiger partial charge on any atom is 0.331 e. The first-order valence-corrected chi connectivity index (χ1v) is 6.20. The van der Waals surface area contributed by atoms with Crippen molar-refractivity contribution in [1.82, 2.24) is 19.2 Å². The Morgan fingerprint density at radius 1 is 1.18 bits per heavy atom. The molecular weight excluding hydrogens is 244 g/mol. The fraction of sp³-hybridized carbons (Fsp3) is 0.111. The van der Waals surface area contributed by atoms with Crippen molar-refractivity contribution in [2.45, 2.75) is 5.16 Å². The van der Waals surface area contributed by atoms with E-state index in [9.17, 15) is 8.42 Å². The Labute approximate surface area is 96.1 Å². The van der Waals surface area contributed by atoms with Gasteiger partial charge >= 0.3 is 10.1 Å². The second-order valence-electron chi connectivity index (χ2n) is 3.64. The normalized spacial score (nSPS) is 12.6. The molecule has 0 aliphatic rings. The number of benzene rings is 1. The standard InChI is InChI=1S/C9H8N4O3S/c1-12-6-4-2-3-5-7(6)13-8(12)10-11-9(13)17(14,15)16/h2-5H,1H3,(H,14,15,16). The monoisotopic (exact) mass is 252 g/mol. The summed E-state index contributed by atoms with van der Waals surface area (Å²) in [6, 6.07) is 7.18. The Bertz CT molecular complexity index is 831. The van der Waals surface area contributed by atoms with Gasteiger partial charge in [-0.2, -0.15) is 8.42 Å². The maximum absolute atomic E-state index is 11.2. The Hall–Kier alpha value is -1.93. The van der Waals surface area contributed by atoms with Gasteiger partial charge in [0.15, 0.2) is 0 Å². The molecule has 0 fully saturated rings. The number of imidazole rings is 1. The number of nitrogens with zero attached hydrogens (tertiary/aromatic N) is 4. The molecule has 0 amide bonds. The van der Waals surface area contributed by atoms with Crippen LogP contribution < -0.4 is 0 Å². The lowest BCUT2D eigenvalue weighted by Gasteiger charge is -1.94. The van der Waals surface area contributed by atoms with Crippen LogP contribution in [0.15, 0.2) is 29.4 Å². The summed E-state index contributed by atoms with van der Waals surface area (Å²) in [6.07, 6.45) is 0. The summed E-state index contributed by atoms with van der Waals surface area (Å²) >= 11 is 0. The van der Waals surface area contributed by atoms with Crippen LogP contribution in [0.4, 0.5) is 0 Å². The van der Waals surface area contributed by atoms with Gasteiger partial charge in [0.05, 0.1) is 11.0 Å². The zero-order valence-corrected chi connectivity index (χ0v) is 9.59. The molecule has 0 saturated carbocycles. The third kappa shape index (κ3) is 1.28. The van der Waals surface area contributed by atoms with Crippen molar-refractivity contribution in [3.05, 3.63) is 24.3 Å². The Morgan fingerprint density at radius 2 is 1.82 bits per heavy atom. The number of aromatic nitrogens is 4. The summed E-state index contributed by atoms with van der Waals surface area (Å²) in [5.74, 6) is 0.360. The third-order valence-electron chi connectivity index (χ3n) is 2.63. The molecule has 0 spiro atoms. The van der Waals surface area contributed by atoms with Crippen molar-refractivity contribution in [2.24, 2.45) is 7.05 Å². The summed E-state index contributed by atoms with van der Waals surface area (Å²) in [5, 5.41) is 6.78. The Balaban J connectivity index is 2.63. The third-order valence-corrected chi connectivity index (χ3v) is 3.36. The van der Waals surface area contributed by atoms with Gasteiger partial charge in [-0.05, 0) is 12.1 Å². The largest absolute Gasteiger partial charge is 0.331 e. The van der Waals surface area contributed by atoms with E-state index in [2.05, 4.69) is 10.2 Å². The fourth-order valence-electron chi connectivity index (χ4n) is 1.90. The number of fused-ring (bicyclic) bond motifs is 3. The van der Waals surface area contributed by atoms with Gasteiger partial charge in [0.2, 0.25) is 5.78 Å². The van der Waals surface area contributed by atoms with Crippen LogP contribution in [0.25, 0.3) is 16.8 Å². The number of para-hydroxylation sites is 2. The molecule has 8 heteroatoms. The molecule has 1 N–H and O–H groups in total. The van der Waals surface area contributed by atoms with Gasteiger partial charge < -0.3 is 4.57 Å². The molecule has 0 unspecified atom stereocenters. The smallest absolute Gasteiger partial charge is 0.311 e. The summed E-state index contributed by atoms with van der Waals surface area (Å²) < 4.78 is 34.5. The van der Waals surface area contributed by atoms with Crippen LogP contribution in [-0.2, 0) is 17.2 Å². The average molecular weight is 252 g/mol. The highest BCUT2D eigenvalue weighted by Crippen LogP contribution is 2.21. The van der Waals surface area contributed by atoms with Gasteiger partial charge in [-0.15, -0.1) is 10.2 Å². The molecule has 7 nitrogen and oxygen atoms in total. The molecule has 0 atom stereocenters. The molecule has 3 rings (SSSR count). The molecule has 2 heterocycles. The molecule has 0 aliphatic carbocycles. The Kier molecular flexibility index (Phi) is 1.84. The number of hydrogen-bond donors (Lipinski definition) is 1. The van der Waals surface area contributed by atoms with Crippen LogP contribution >= 0.6 is 0 Å². The average Bonchev–Trinajstić information content (AvgIpc) is 2.80. The predicted octanol–water partition coefficient (Wildman–Crippen LogP) is 0.468. The molecule has 0 aliphatic heterocycles. The minimum Gasteiger partial charge on any atom is -0.311 e. The fourth-order valence-corrected chi connectivity index (χ4v) is 2.46. The first kappa shape index (κ1) is 10.2. The summed E-state index contributed by atoms with van der Waals surface area (Å²) in [7, 11) is -2.64. The van der Waals surface area contributed by atoms with Gasteiger partial charge in [-0.1, -0.05) is 12.1 Å². The van der Waals surface area contributed by atoms with E-state index in [4.69, 9.17) is 4.55 Å². The summed E-state index contributed by atoms with van der Waals surface area (Å²) in [5.41, 5.74) is 1.44. The first-order chi connectivity index (χ1) is 8.00. The van der Waals surface area contributed by atoms with Crippen molar-refractivity contribution >= 4 is 26.9 Å². The predicted molar refractivity (Wildman–Crippen MR) is 59.3 cm³/mol. The van der Waals surface area contributed by atoms with E-state index in [0.29, 0.717) is 11.3 Å². The quantitative estimate of drug-likeness (QED) is 0.636. The molecule has 0 bridgehead atoms. The van der Waals surface area contributed by atoms with E-state index in [1.165, 1.54) is 4.40 Å². The summed E-state index contributed by atoms with van der Waals surface area (Å²) in [6.45, 7) is 0. The zero-order valence-electron chi connectivity index (χ0n) is 8.77. The van der Waals surface area contributed by atoms with Gasteiger partial charge in [-0.25, -0.2) is 4.40 Å². The van der Waals surface area contributed by atoms with E-state index in [1.807, 2.05) is 12.1 Å². The highest BCUT2D eigenvalue weighted by atomic mass is 32.2. The van der Waals surface area contributed by atoms with Gasteiger partial charge in [0.1, 0.15) is 0 Å². The molecule has 2 aromatic heterocycles. The van der Waals surface area contributed by atoms with Crippen LogP contribution in [0, 0.1) is 0 Å². The maximum atomic E-state index is 11.2. The molecular formula is C9H8N4O3S.